The van der Waals surface area contributed by atoms with Gasteiger partial charge in [-0.25, -0.2) is 9.97 Å². The van der Waals surface area contributed by atoms with Crippen LogP contribution in [-0.2, 0) is 15.7 Å². The van der Waals surface area contributed by atoms with Gasteiger partial charge in [-0.05, 0) is 43.9 Å². The van der Waals surface area contributed by atoms with E-state index >= 15 is 0 Å². The lowest BCUT2D eigenvalue weighted by atomic mass is 9.73. The second kappa shape index (κ2) is 9.30. The second-order valence-electron chi connectivity index (χ2n) is 8.14. The molecule has 11 heteroatoms. The van der Waals surface area contributed by atoms with E-state index in [-0.39, 0.29) is 24.1 Å². The zero-order valence-electron chi connectivity index (χ0n) is 18.1. The van der Waals surface area contributed by atoms with E-state index in [0.717, 1.165) is 5.56 Å². The predicted molar refractivity (Wildman–Crippen MR) is 113 cm³/mol. The van der Waals surface area contributed by atoms with Crippen LogP contribution < -0.4 is 4.74 Å². The van der Waals surface area contributed by atoms with Crippen molar-refractivity contribution in [1.29, 1.82) is 0 Å². The molecule has 0 spiro atoms. The molecule has 0 bridgehead atoms. The van der Waals surface area contributed by atoms with E-state index in [1.54, 1.807) is 30.5 Å². The number of hydrogen-bond donors (Lipinski definition) is 2. The predicted octanol–water partition coefficient (Wildman–Crippen LogP) is 4.05. The number of nitrogens with zero attached hydrogens (tertiary/aromatic N) is 3. The number of allylic oxidation sites excluding steroid dienone is 4. The number of halogens is 3. The van der Waals surface area contributed by atoms with Gasteiger partial charge in [0.1, 0.15) is 6.10 Å². The molecule has 0 atom stereocenters. The Morgan fingerprint density at radius 3 is 2.47 bits per heavy atom. The quantitative estimate of drug-likeness (QED) is 0.583. The van der Waals surface area contributed by atoms with Crippen molar-refractivity contribution in [1.82, 2.24) is 20.2 Å². The van der Waals surface area contributed by atoms with E-state index < -0.39 is 23.4 Å². The van der Waals surface area contributed by atoms with E-state index in [1.807, 2.05) is 5.10 Å². The van der Waals surface area contributed by atoms with E-state index in [2.05, 4.69) is 26.5 Å². The highest BCUT2D eigenvalue weighted by Gasteiger charge is 2.42. The van der Waals surface area contributed by atoms with Crippen LogP contribution in [0.1, 0.15) is 42.9 Å². The zero-order valence-corrected chi connectivity index (χ0v) is 18.1. The molecule has 4 rings (SSSR count). The second-order valence-corrected chi connectivity index (χ2v) is 8.14. The molecule has 178 valence electrons. The molecule has 1 fully saturated rings. The number of pyridine rings is 1. The SMILES string of the molecule is COCC1(C(=O)O)CCC(Oc2ccc(C3=C=C=C(c4n[nH]c(C(F)(F)F)n4)C=C3)cn2)CC1. The van der Waals surface area contributed by atoms with Crippen LogP contribution >= 0.6 is 0 Å². The Labute approximate surface area is 192 Å². The molecule has 0 amide bonds. The van der Waals surface area contributed by atoms with Gasteiger partial charge in [0, 0.05) is 30.5 Å². The molecule has 1 saturated carbocycles. The number of H-pyrrole nitrogens is 1. The van der Waals surface area contributed by atoms with Gasteiger partial charge in [0.15, 0.2) is 5.82 Å². The standard InChI is InChI=1S/C23H21F3N4O4/c1-33-13-22(21(31)32)10-8-17(9-11-22)34-18-7-6-16(12-27-18)14-2-4-15(5-3-14)19-28-20(30-29-19)23(24,25)26/h2,4,6-7,12,17H,8-11,13H2,1H3,(H,31,32)(H,28,29,30). The minimum Gasteiger partial charge on any atom is -0.481 e. The minimum absolute atomic E-state index is 0.123. The lowest BCUT2D eigenvalue weighted by Gasteiger charge is -2.36. The van der Waals surface area contributed by atoms with Crippen molar-refractivity contribution >= 4 is 17.1 Å². The van der Waals surface area contributed by atoms with Gasteiger partial charge in [0.05, 0.1) is 17.6 Å². The van der Waals surface area contributed by atoms with E-state index in [0.29, 0.717) is 37.1 Å². The molecule has 2 N–H and O–H groups in total. The first-order valence-corrected chi connectivity index (χ1v) is 10.5. The number of carbonyl (C=O) groups is 1. The topological polar surface area (TPSA) is 110 Å². The molecule has 2 aliphatic rings. The summed E-state index contributed by atoms with van der Waals surface area (Å²) in [4.78, 5) is 19.4. The molecule has 0 aliphatic heterocycles. The number of aromatic nitrogens is 4. The average molecular weight is 474 g/mol. The molecule has 2 aromatic heterocycles. The third-order valence-corrected chi connectivity index (χ3v) is 5.84. The number of aliphatic carboxylic acids is 1. The Morgan fingerprint density at radius 2 is 1.94 bits per heavy atom. The molecule has 2 heterocycles. The van der Waals surface area contributed by atoms with Gasteiger partial charge in [-0.15, -0.1) is 0 Å². The summed E-state index contributed by atoms with van der Waals surface area (Å²) in [6, 6.07) is 3.49. The van der Waals surface area contributed by atoms with Gasteiger partial charge in [-0.2, -0.15) is 18.3 Å². The lowest BCUT2D eigenvalue weighted by molar-refractivity contribution is -0.156. The Kier molecular flexibility index (Phi) is 6.43. The summed E-state index contributed by atoms with van der Waals surface area (Å²) in [7, 11) is 1.50. The molecule has 0 unspecified atom stereocenters. The zero-order chi connectivity index (χ0) is 24.3. The summed E-state index contributed by atoms with van der Waals surface area (Å²) in [5, 5.41) is 15.0. The molecule has 0 saturated heterocycles. The van der Waals surface area contributed by atoms with Crippen molar-refractivity contribution < 1.29 is 32.5 Å². The lowest BCUT2D eigenvalue weighted by Crippen LogP contribution is -2.41. The fourth-order valence-electron chi connectivity index (χ4n) is 3.93. The van der Waals surface area contributed by atoms with Crippen molar-refractivity contribution in [2.24, 2.45) is 5.41 Å². The third kappa shape index (κ3) is 4.97. The number of nitrogens with one attached hydrogen (secondary N) is 1. The number of carboxylic acid groups (broad SMARTS) is 1. The monoisotopic (exact) mass is 474 g/mol. The minimum atomic E-state index is -4.61. The van der Waals surface area contributed by atoms with Gasteiger partial charge in [-0.3, -0.25) is 9.89 Å². The smallest absolute Gasteiger partial charge is 0.451 e. The van der Waals surface area contributed by atoms with Crippen LogP contribution in [0, 0.1) is 5.41 Å². The first-order valence-electron chi connectivity index (χ1n) is 10.5. The highest BCUT2D eigenvalue weighted by atomic mass is 19.4. The highest BCUT2D eigenvalue weighted by Crippen LogP contribution is 2.38. The largest absolute Gasteiger partial charge is 0.481 e. The maximum absolute atomic E-state index is 12.7. The van der Waals surface area contributed by atoms with Gasteiger partial charge < -0.3 is 14.6 Å². The Morgan fingerprint density at radius 1 is 1.24 bits per heavy atom. The van der Waals surface area contributed by atoms with Crippen molar-refractivity contribution in [2.75, 3.05) is 13.7 Å². The number of carboxylic acids is 1. The normalized spacial score (nSPS) is 22.3. The molecule has 34 heavy (non-hydrogen) atoms. The Balaban J connectivity index is 1.42. The summed E-state index contributed by atoms with van der Waals surface area (Å²) >= 11 is 0. The molecule has 2 aliphatic carbocycles. The molecule has 8 nitrogen and oxygen atoms in total. The summed E-state index contributed by atoms with van der Waals surface area (Å²) in [6.45, 7) is 0.175. The van der Waals surface area contributed by atoms with E-state index in [1.165, 1.54) is 7.11 Å². The number of alkyl halides is 3. The fraction of sp³-hybridized carbons (Fsp3) is 0.391. The van der Waals surface area contributed by atoms with Crippen molar-refractivity contribution in [3.63, 3.8) is 0 Å². The first-order chi connectivity index (χ1) is 16.2. The third-order valence-electron chi connectivity index (χ3n) is 5.84. The van der Waals surface area contributed by atoms with Gasteiger partial charge in [0.2, 0.25) is 11.7 Å². The van der Waals surface area contributed by atoms with Crippen LogP contribution in [0.2, 0.25) is 0 Å². The van der Waals surface area contributed by atoms with Crippen LogP contribution in [0.3, 0.4) is 0 Å². The molecule has 2 aromatic rings. The maximum Gasteiger partial charge on any atom is 0.451 e. The first kappa shape index (κ1) is 23.5. The highest BCUT2D eigenvalue weighted by molar-refractivity contribution is 5.82. The van der Waals surface area contributed by atoms with E-state index in [9.17, 15) is 23.1 Å². The molecule has 0 aromatic carbocycles. The number of rotatable bonds is 7. The van der Waals surface area contributed by atoms with Crippen LogP contribution in [0.4, 0.5) is 13.2 Å². The van der Waals surface area contributed by atoms with Gasteiger partial charge >= 0.3 is 12.1 Å². The number of aromatic amines is 1. The van der Waals surface area contributed by atoms with Crippen LogP contribution in [0.25, 0.3) is 11.1 Å². The van der Waals surface area contributed by atoms with Crippen molar-refractivity contribution in [3.05, 3.63) is 59.2 Å². The summed E-state index contributed by atoms with van der Waals surface area (Å²) < 4.78 is 49.1. The maximum atomic E-state index is 12.7. The van der Waals surface area contributed by atoms with E-state index in [4.69, 9.17) is 9.47 Å². The summed E-state index contributed by atoms with van der Waals surface area (Å²) in [5.74, 6) is -1.73. The summed E-state index contributed by atoms with van der Waals surface area (Å²) in [6.07, 6.45) is 2.16. The molecular weight excluding hydrogens is 453 g/mol. The van der Waals surface area contributed by atoms with Crippen molar-refractivity contribution in [3.8, 4) is 5.88 Å². The Hall–Kier alpha value is -3.65. The van der Waals surface area contributed by atoms with Gasteiger partial charge in [0.25, 0.3) is 0 Å². The number of methoxy groups -OCH3 is 1. The van der Waals surface area contributed by atoms with Gasteiger partial charge in [-0.1, -0.05) is 11.5 Å². The summed E-state index contributed by atoms with van der Waals surface area (Å²) in [5.41, 5.74) is 6.41. The molecule has 0 radical (unpaired) electrons. The van der Waals surface area contributed by atoms with Crippen molar-refractivity contribution in [2.45, 2.75) is 38.0 Å². The number of ether oxygens (including phenoxy) is 2. The van der Waals surface area contributed by atoms with Crippen LogP contribution in [0.15, 0.2) is 41.9 Å². The average Bonchev–Trinajstić information content (AvgIpc) is 3.32. The van der Waals surface area contributed by atoms with Crippen LogP contribution in [0.5, 0.6) is 5.88 Å². The fourth-order valence-corrected chi connectivity index (χ4v) is 3.93. The Bertz CT molecular complexity index is 1200. The number of hydrogen-bond acceptors (Lipinski definition) is 6. The molecular formula is C23H21F3N4O4. The van der Waals surface area contributed by atoms with Crippen LogP contribution in [-0.4, -0.2) is 51.1 Å².